The lowest BCUT2D eigenvalue weighted by Gasteiger charge is -2.12. The summed E-state index contributed by atoms with van der Waals surface area (Å²) >= 11 is 3.52. The van der Waals surface area contributed by atoms with E-state index >= 15 is 0 Å². The van der Waals surface area contributed by atoms with Gasteiger partial charge in [-0.15, -0.1) is 0 Å². The minimum Gasteiger partial charge on any atom is -0.340 e. The Morgan fingerprint density at radius 2 is 2.00 bits per heavy atom. The first kappa shape index (κ1) is 14.7. The van der Waals surface area contributed by atoms with Crippen LogP contribution in [0.4, 0.5) is 17.3 Å². The summed E-state index contributed by atoms with van der Waals surface area (Å²) in [6.07, 6.45) is 1.81. The highest BCUT2D eigenvalue weighted by Crippen LogP contribution is 2.26. The number of hydrazine groups is 1. The largest absolute Gasteiger partial charge is 0.340 e. The highest BCUT2D eigenvalue weighted by Gasteiger charge is 2.06. The van der Waals surface area contributed by atoms with Crippen molar-refractivity contribution >= 4 is 33.3 Å². The maximum atomic E-state index is 5.46. The number of aryl methyl sites for hydroxylation is 1. The molecule has 6 heteroatoms. The van der Waals surface area contributed by atoms with Gasteiger partial charge in [0.05, 0.1) is 0 Å². The molecule has 0 amide bonds. The number of nitrogen functional groups attached to an aromatic ring is 1. The summed E-state index contributed by atoms with van der Waals surface area (Å²) in [4.78, 5) is 8.83. The molecule has 4 N–H and O–H groups in total. The van der Waals surface area contributed by atoms with Crippen LogP contribution in [0.1, 0.15) is 24.7 Å². The Morgan fingerprint density at radius 1 is 1.25 bits per heavy atom. The number of hydrogen-bond acceptors (Lipinski definition) is 5. The van der Waals surface area contributed by atoms with Crippen LogP contribution < -0.4 is 16.6 Å². The Labute approximate surface area is 127 Å². The van der Waals surface area contributed by atoms with E-state index in [2.05, 4.69) is 43.6 Å². The molecule has 0 saturated heterocycles. The van der Waals surface area contributed by atoms with Gasteiger partial charge in [-0.1, -0.05) is 28.9 Å². The number of hydrogen-bond donors (Lipinski definition) is 3. The second kappa shape index (κ2) is 6.67. The third-order valence-corrected chi connectivity index (χ3v) is 3.78. The van der Waals surface area contributed by atoms with E-state index in [0.717, 1.165) is 40.2 Å². The predicted molar refractivity (Wildman–Crippen MR) is 86.0 cm³/mol. The van der Waals surface area contributed by atoms with Crippen molar-refractivity contribution in [1.29, 1.82) is 0 Å². The van der Waals surface area contributed by atoms with Crippen LogP contribution in [-0.4, -0.2) is 9.97 Å². The average Bonchev–Trinajstić information content (AvgIpc) is 2.44. The van der Waals surface area contributed by atoms with Crippen molar-refractivity contribution < 1.29 is 0 Å². The van der Waals surface area contributed by atoms with Gasteiger partial charge in [-0.05, 0) is 31.0 Å². The van der Waals surface area contributed by atoms with Crippen molar-refractivity contribution in [2.45, 2.75) is 26.7 Å². The number of aromatic nitrogens is 2. The topological polar surface area (TPSA) is 75.9 Å². The van der Waals surface area contributed by atoms with E-state index in [-0.39, 0.29) is 0 Å². The molecule has 1 heterocycles. The highest BCUT2D eigenvalue weighted by atomic mass is 79.9. The Morgan fingerprint density at radius 3 is 2.70 bits per heavy atom. The molecule has 2 aromatic rings. The number of benzene rings is 1. The van der Waals surface area contributed by atoms with Gasteiger partial charge in [0.25, 0.3) is 0 Å². The van der Waals surface area contributed by atoms with Crippen molar-refractivity contribution in [3.63, 3.8) is 0 Å². The van der Waals surface area contributed by atoms with E-state index in [1.165, 1.54) is 0 Å². The zero-order valence-corrected chi connectivity index (χ0v) is 13.2. The number of nitrogens with zero attached hydrogens (tertiary/aromatic N) is 2. The quantitative estimate of drug-likeness (QED) is 0.575. The van der Waals surface area contributed by atoms with E-state index < -0.39 is 0 Å². The molecule has 2 rings (SSSR count). The molecule has 0 saturated carbocycles. The van der Waals surface area contributed by atoms with Crippen molar-refractivity contribution in [3.8, 4) is 0 Å². The number of rotatable bonds is 5. The second-order valence-corrected chi connectivity index (χ2v) is 5.34. The summed E-state index contributed by atoms with van der Waals surface area (Å²) < 4.78 is 1.06. The lowest BCUT2D eigenvalue weighted by atomic mass is 10.2. The lowest BCUT2D eigenvalue weighted by Crippen LogP contribution is -2.11. The molecule has 1 aromatic carbocycles. The van der Waals surface area contributed by atoms with Crippen LogP contribution in [0.5, 0.6) is 0 Å². The minimum absolute atomic E-state index is 0.610. The molecule has 0 fully saturated rings. The van der Waals surface area contributed by atoms with Crippen molar-refractivity contribution in [1.82, 2.24) is 9.97 Å². The first-order valence-corrected chi connectivity index (χ1v) is 7.30. The van der Waals surface area contributed by atoms with Gasteiger partial charge in [0.2, 0.25) is 0 Å². The molecule has 0 radical (unpaired) electrons. The van der Waals surface area contributed by atoms with Gasteiger partial charge < -0.3 is 10.7 Å². The van der Waals surface area contributed by atoms with Gasteiger partial charge >= 0.3 is 0 Å². The Hall–Kier alpha value is -1.66. The van der Waals surface area contributed by atoms with Crippen LogP contribution in [0.3, 0.4) is 0 Å². The maximum absolute atomic E-state index is 5.46. The molecule has 0 bridgehead atoms. The molecule has 0 atom stereocenters. The summed E-state index contributed by atoms with van der Waals surface area (Å²) in [6, 6.07) is 7.79. The standard InChI is InChI=1S/C14H18BrN5/c1-3-5-12-18-13(8-14(19-12)20-16)17-11-7-4-6-10(15)9(11)2/h4,6-8H,3,5,16H2,1-2H3,(H2,17,18,19,20). The van der Waals surface area contributed by atoms with Gasteiger partial charge in [-0.2, -0.15) is 0 Å². The first-order chi connectivity index (χ1) is 9.63. The average molecular weight is 336 g/mol. The molecule has 20 heavy (non-hydrogen) atoms. The molecule has 0 spiro atoms. The molecular formula is C14H18BrN5. The monoisotopic (exact) mass is 335 g/mol. The zero-order chi connectivity index (χ0) is 14.5. The van der Waals surface area contributed by atoms with Crippen LogP contribution in [0, 0.1) is 6.92 Å². The smallest absolute Gasteiger partial charge is 0.145 e. The Bertz CT molecular complexity index is 600. The SMILES string of the molecule is CCCc1nc(NN)cc(Nc2cccc(Br)c2C)n1. The van der Waals surface area contributed by atoms with Gasteiger partial charge in [-0.25, -0.2) is 15.8 Å². The third kappa shape index (κ3) is 3.46. The van der Waals surface area contributed by atoms with E-state index in [9.17, 15) is 0 Å². The second-order valence-electron chi connectivity index (χ2n) is 4.49. The normalized spacial score (nSPS) is 10.4. The number of anilines is 3. The van der Waals surface area contributed by atoms with Crippen molar-refractivity contribution in [3.05, 3.63) is 40.1 Å². The van der Waals surface area contributed by atoms with Crippen LogP contribution >= 0.6 is 15.9 Å². The van der Waals surface area contributed by atoms with E-state index in [4.69, 9.17) is 5.84 Å². The van der Waals surface area contributed by atoms with Crippen LogP contribution in [-0.2, 0) is 6.42 Å². The molecular weight excluding hydrogens is 318 g/mol. The summed E-state index contributed by atoms with van der Waals surface area (Å²) in [5, 5.41) is 3.31. The summed E-state index contributed by atoms with van der Waals surface area (Å²) in [6.45, 7) is 4.14. The van der Waals surface area contributed by atoms with E-state index in [1.54, 1.807) is 6.07 Å². The number of halogens is 1. The third-order valence-electron chi connectivity index (χ3n) is 2.92. The Balaban J connectivity index is 2.32. The molecule has 5 nitrogen and oxygen atoms in total. The maximum Gasteiger partial charge on any atom is 0.145 e. The fraction of sp³-hybridized carbons (Fsp3) is 0.286. The molecule has 1 aromatic heterocycles. The fourth-order valence-corrected chi connectivity index (χ4v) is 2.22. The summed E-state index contributed by atoms with van der Waals surface area (Å²) in [5.41, 5.74) is 4.71. The van der Waals surface area contributed by atoms with Crippen LogP contribution in [0.2, 0.25) is 0 Å². The van der Waals surface area contributed by atoms with Gasteiger partial charge in [0.1, 0.15) is 17.5 Å². The lowest BCUT2D eigenvalue weighted by molar-refractivity contribution is 0.837. The van der Waals surface area contributed by atoms with Gasteiger partial charge in [-0.3, -0.25) is 0 Å². The zero-order valence-electron chi connectivity index (χ0n) is 11.6. The fourth-order valence-electron chi connectivity index (χ4n) is 1.85. The first-order valence-electron chi connectivity index (χ1n) is 6.50. The van der Waals surface area contributed by atoms with Crippen LogP contribution in [0.15, 0.2) is 28.7 Å². The highest BCUT2D eigenvalue weighted by molar-refractivity contribution is 9.10. The van der Waals surface area contributed by atoms with E-state index in [0.29, 0.717) is 5.82 Å². The number of nitrogens with two attached hydrogens (primary N) is 1. The molecule has 0 aliphatic heterocycles. The Kier molecular flexibility index (Phi) is 4.92. The summed E-state index contributed by atoms with van der Waals surface area (Å²) in [5.74, 6) is 7.58. The number of nitrogens with one attached hydrogen (secondary N) is 2. The molecule has 0 unspecified atom stereocenters. The van der Waals surface area contributed by atoms with Gasteiger partial charge in [0.15, 0.2) is 0 Å². The predicted octanol–water partition coefficient (Wildman–Crippen LogP) is 3.53. The molecule has 0 aliphatic rings. The minimum atomic E-state index is 0.610. The van der Waals surface area contributed by atoms with Crippen molar-refractivity contribution in [2.75, 3.05) is 10.7 Å². The molecule has 106 valence electrons. The summed E-state index contributed by atoms with van der Waals surface area (Å²) in [7, 11) is 0. The van der Waals surface area contributed by atoms with Crippen molar-refractivity contribution in [2.24, 2.45) is 5.84 Å². The van der Waals surface area contributed by atoms with Crippen LogP contribution in [0.25, 0.3) is 0 Å². The van der Waals surface area contributed by atoms with Gasteiger partial charge in [0, 0.05) is 22.6 Å². The molecule has 0 aliphatic carbocycles. The van der Waals surface area contributed by atoms with E-state index in [1.807, 2.05) is 25.1 Å².